The third-order valence-electron chi connectivity index (χ3n) is 3.43. The van der Waals surface area contributed by atoms with E-state index in [9.17, 15) is 5.11 Å². The van der Waals surface area contributed by atoms with Crippen LogP contribution in [-0.2, 0) is 12.8 Å². The second kappa shape index (κ2) is 6.81. The average molecular weight is 252 g/mol. The second-order valence-electron chi connectivity index (χ2n) is 5.65. The molecule has 104 valence electrons. The third kappa shape index (κ3) is 3.50. The Hall–Kier alpha value is -0.990. The largest absolute Gasteiger partial charge is 0.504 e. The van der Waals surface area contributed by atoms with Crippen LogP contribution in [0.15, 0.2) is 0 Å². The maximum Gasteiger partial charge on any atom is 0.160 e. The SMILES string of the molecule is CCCCc1nn(C(C)CC)c(CC(C)C)c1O. The number of hydrogen-bond donors (Lipinski definition) is 1. The topological polar surface area (TPSA) is 38.0 Å². The molecule has 1 unspecified atom stereocenters. The van der Waals surface area contributed by atoms with E-state index in [1.807, 2.05) is 4.68 Å². The lowest BCUT2D eigenvalue weighted by Crippen LogP contribution is -2.11. The minimum atomic E-state index is 0.361. The number of unbranched alkanes of at least 4 members (excludes halogenated alkanes) is 1. The first-order valence-corrected chi connectivity index (χ1v) is 7.30. The molecule has 0 bridgehead atoms. The highest BCUT2D eigenvalue weighted by molar-refractivity contribution is 5.33. The van der Waals surface area contributed by atoms with E-state index in [0.717, 1.165) is 43.5 Å². The number of aryl methyl sites for hydroxylation is 1. The molecule has 0 amide bonds. The smallest absolute Gasteiger partial charge is 0.160 e. The predicted octanol–water partition coefficient (Wildman–Crippen LogP) is 4.10. The Labute approximate surface area is 111 Å². The van der Waals surface area contributed by atoms with Crippen LogP contribution < -0.4 is 0 Å². The molecule has 1 aromatic rings. The fourth-order valence-electron chi connectivity index (χ4n) is 2.14. The molecular weight excluding hydrogens is 224 g/mol. The molecule has 0 radical (unpaired) electrons. The Kier molecular flexibility index (Phi) is 5.70. The van der Waals surface area contributed by atoms with Crippen LogP contribution in [0.4, 0.5) is 0 Å². The minimum absolute atomic E-state index is 0.361. The summed E-state index contributed by atoms with van der Waals surface area (Å²) >= 11 is 0. The monoisotopic (exact) mass is 252 g/mol. The third-order valence-corrected chi connectivity index (χ3v) is 3.43. The van der Waals surface area contributed by atoms with Gasteiger partial charge < -0.3 is 5.11 Å². The van der Waals surface area contributed by atoms with Gasteiger partial charge in [0, 0.05) is 6.04 Å². The average Bonchev–Trinajstić information content (AvgIpc) is 2.63. The van der Waals surface area contributed by atoms with Crippen molar-refractivity contribution in [2.24, 2.45) is 5.92 Å². The predicted molar refractivity (Wildman–Crippen MR) is 76.0 cm³/mol. The fraction of sp³-hybridized carbons (Fsp3) is 0.800. The molecule has 0 fully saturated rings. The number of nitrogens with zero attached hydrogens (tertiary/aromatic N) is 2. The van der Waals surface area contributed by atoms with Crippen LogP contribution in [0.25, 0.3) is 0 Å². The van der Waals surface area contributed by atoms with Crippen LogP contribution in [0.3, 0.4) is 0 Å². The van der Waals surface area contributed by atoms with E-state index >= 15 is 0 Å². The molecule has 3 heteroatoms. The van der Waals surface area contributed by atoms with Gasteiger partial charge in [0.25, 0.3) is 0 Å². The normalized spacial score (nSPS) is 13.2. The number of aromatic hydroxyl groups is 1. The summed E-state index contributed by atoms with van der Waals surface area (Å²) in [6.07, 6.45) is 5.05. The lowest BCUT2D eigenvalue weighted by atomic mass is 10.1. The number of aromatic nitrogens is 2. The summed E-state index contributed by atoms with van der Waals surface area (Å²) in [6, 6.07) is 0.361. The molecule has 0 saturated heterocycles. The Morgan fingerprint density at radius 3 is 2.39 bits per heavy atom. The molecule has 18 heavy (non-hydrogen) atoms. The summed E-state index contributed by atoms with van der Waals surface area (Å²) < 4.78 is 2.04. The molecule has 1 aromatic heterocycles. The van der Waals surface area contributed by atoms with E-state index in [0.29, 0.717) is 17.7 Å². The molecule has 0 aromatic carbocycles. The number of hydrogen-bond acceptors (Lipinski definition) is 2. The zero-order chi connectivity index (χ0) is 13.7. The van der Waals surface area contributed by atoms with Crippen LogP contribution in [0.5, 0.6) is 5.75 Å². The summed E-state index contributed by atoms with van der Waals surface area (Å²) in [5.74, 6) is 0.979. The summed E-state index contributed by atoms with van der Waals surface area (Å²) in [5, 5.41) is 15.0. The van der Waals surface area contributed by atoms with Crippen molar-refractivity contribution in [2.75, 3.05) is 0 Å². The molecule has 0 saturated carbocycles. The van der Waals surface area contributed by atoms with Gasteiger partial charge in [0.15, 0.2) is 5.75 Å². The first-order chi connectivity index (χ1) is 8.51. The van der Waals surface area contributed by atoms with Crippen LogP contribution in [0, 0.1) is 5.92 Å². The summed E-state index contributed by atoms with van der Waals surface area (Å²) in [5.41, 5.74) is 1.90. The van der Waals surface area contributed by atoms with Gasteiger partial charge in [-0.2, -0.15) is 5.10 Å². The molecule has 0 aliphatic carbocycles. The second-order valence-corrected chi connectivity index (χ2v) is 5.65. The molecule has 0 spiro atoms. The highest BCUT2D eigenvalue weighted by Gasteiger charge is 2.20. The van der Waals surface area contributed by atoms with Gasteiger partial charge in [-0.1, -0.05) is 34.1 Å². The van der Waals surface area contributed by atoms with E-state index < -0.39 is 0 Å². The van der Waals surface area contributed by atoms with Gasteiger partial charge in [-0.15, -0.1) is 0 Å². The van der Waals surface area contributed by atoms with Gasteiger partial charge in [0.2, 0.25) is 0 Å². The van der Waals surface area contributed by atoms with E-state index in [4.69, 9.17) is 0 Å². The quantitative estimate of drug-likeness (QED) is 0.793. The van der Waals surface area contributed by atoms with E-state index in [2.05, 4.69) is 39.7 Å². The summed E-state index contributed by atoms with van der Waals surface area (Å²) in [6.45, 7) is 10.9. The van der Waals surface area contributed by atoms with Crippen molar-refractivity contribution in [2.45, 2.75) is 72.8 Å². The lowest BCUT2D eigenvalue weighted by Gasteiger charge is -2.14. The van der Waals surface area contributed by atoms with Crippen molar-refractivity contribution in [1.29, 1.82) is 0 Å². The molecule has 3 nitrogen and oxygen atoms in total. The van der Waals surface area contributed by atoms with Gasteiger partial charge in [-0.3, -0.25) is 4.68 Å². The Morgan fingerprint density at radius 2 is 1.89 bits per heavy atom. The fourth-order valence-corrected chi connectivity index (χ4v) is 2.14. The zero-order valence-electron chi connectivity index (χ0n) is 12.5. The van der Waals surface area contributed by atoms with Crippen LogP contribution in [0.2, 0.25) is 0 Å². The highest BCUT2D eigenvalue weighted by Crippen LogP contribution is 2.29. The van der Waals surface area contributed by atoms with Crippen LogP contribution in [-0.4, -0.2) is 14.9 Å². The van der Waals surface area contributed by atoms with Crippen molar-refractivity contribution in [3.8, 4) is 5.75 Å². The van der Waals surface area contributed by atoms with E-state index in [1.54, 1.807) is 0 Å². The molecule has 1 heterocycles. The van der Waals surface area contributed by atoms with Crippen molar-refractivity contribution < 1.29 is 5.11 Å². The van der Waals surface area contributed by atoms with Crippen LogP contribution >= 0.6 is 0 Å². The standard InChI is InChI=1S/C15H28N2O/c1-6-8-9-13-15(18)14(10-11(3)4)17(16-13)12(5)7-2/h11-12,18H,6-10H2,1-5H3. The molecule has 1 rings (SSSR count). The first kappa shape index (κ1) is 15.1. The zero-order valence-corrected chi connectivity index (χ0v) is 12.5. The van der Waals surface area contributed by atoms with E-state index in [1.165, 1.54) is 0 Å². The molecular formula is C15H28N2O. The van der Waals surface area contributed by atoms with Gasteiger partial charge in [-0.25, -0.2) is 0 Å². The molecule has 0 aliphatic rings. The molecule has 0 aliphatic heterocycles. The first-order valence-electron chi connectivity index (χ1n) is 7.30. The Balaban J connectivity index is 3.05. The summed E-state index contributed by atoms with van der Waals surface area (Å²) in [4.78, 5) is 0. The Bertz CT molecular complexity index is 369. The maximum absolute atomic E-state index is 10.3. The van der Waals surface area contributed by atoms with E-state index in [-0.39, 0.29) is 0 Å². The van der Waals surface area contributed by atoms with Crippen molar-refractivity contribution >= 4 is 0 Å². The lowest BCUT2D eigenvalue weighted by molar-refractivity contribution is 0.424. The number of rotatable bonds is 7. The minimum Gasteiger partial charge on any atom is -0.504 e. The summed E-state index contributed by atoms with van der Waals surface area (Å²) in [7, 11) is 0. The maximum atomic E-state index is 10.3. The Morgan fingerprint density at radius 1 is 1.22 bits per heavy atom. The molecule has 1 N–H and O–H groups in total. The van der Waals surface area contributed by atoms with Crippen LogP contribution in [0.1, 0.15) is 71.3 Å². The van der Waals surface area contributed by atoms with Gasteiger partial charge in [0.1, 0.15) is 5.69 Å². The van der Waals surface area contributed by atoms with Gasteiger partial charge in [-0.05, 0) is 38.5 Å². The highest BCUT2D eigenvalue weighted by atomic mass is 16.3. The van der Waals surface area contributed by atoms with Crippen molar-refractivity contribution in [1.82, 2.24) is 9.78 Å². The van der Waals surface area contributed by atoms with Gasteiger partial charge in [0.05, 0.1) is 5.69 Å². The molecule has 1 atom stereocenters. The van der Waals surface area contributed by atoms with Gasteiger partial charge >= 0.3 is 0 Å². The van der Waals surface area contributed by atoms with Crippen molar-refractivity contribution in [3.05, 3.63) is 11.4 Å². The van der Waals surface area contributed by atoms with Crippen molar-refractivity contribution in [3.63, 3.8) is 0 Å².